The molecule has 0 aliphatic carbocycles. The highest BCUT2D eigenvalue weighted by Crippen LogP contribution is 2.26. The summed E-state index contributed by atoms with van der Waals surface area (Å²) in [6.45, 7) is 1.75. The predicted octanol–water partition coefficient (Wildman–Crippen LogP) is 3.15. The number of nitro groups is 1. The Morgan fingerprint density at radius 2 is 1.90 bits per heavy atom. The maximum atomic E-state index is 10.6. The number of halogens is 1. The lowest BCUT2D eigenvalue weighted by molar-refractivity contribution is -0.384. The molecule has 0 unspecified atom stereocenters. The van der Waals surface area contributed by atoms with E-state index in [9.17, 15) is 10.1 Å². The van der Waals surface area contributed by atoms with Gasteiger partial charge in [-0.15, -0.1) is 0 Å². The van der Waals surface area contributed by atoms with E-state index >= 15 is 0 Å². The first-order chi connectivity index (χ1) is 9.54. The van der Waals surface area contributed by atoms with Gasteiger partial charge in [0.05, 0.1) is 10.6 Å². The van der Waals surface area contributed by atoms with E-state index in [1.807, 2.05) is 0 Å². The van der Waals surface area contributed by atoms with Crippen molar-refractivity contribution in [1.29, 1.82) is 0 Å². The van der Waals surface area contributed by atoms with E-state index in [0.717, 1.165) is 0 Å². The van der Waals surface area contributed by atoms with E-state index in [4.69, 9.17) is 16.0 Å². The second kappa shape index (κ2) is 4.53. The van der Waals surface area contributed by atoms with Crippen molar-refractivity contribution in [2.45, 2.75) is 6.92 Å². The molecule has 0 aliphatic rings. The van der Waals surface area contributed by atoms with Crippen LogP contribution >= 0.6 is 11.6 Å². The van der Waals surface area contributed by atoms with Gasteiger partial charge in [-0.05, 0) is 30.7 Å². The molecule has 0 aliphatic heterocycles. The molecule has 3 rings (SSSR count). The van der Waals surface area contributed by atoms with Gasteiger partial charge in [-0.3, -0.25) is 10.1 Å². The number of fused-ring (bicyclic) bond motifs is 1. The van der Waals surface area contributed by atoms with Gasteiger partial charge in [-0.2, -0.15) is 4.98 Å². The molecule has 0 atom stereocenters. The summed E-state index contributed by atoms with van der Waals surface area (Å²) in [5.74, 6) is 0.314. The molecule has 0 spiro atoms. The zero-order valence-corrected chi connectivity index (χ0v) is 11.0. The molecule has 100 valence electrons. The number of aryl methyl sites for hydroxylation is 1. The Bertz CT molecular complexity index is 813. The van der Waals surface area contributed by atoms with Crippen molar-refractivity contribution in [2.75, 3.05) is 0 Å². The fourth-order valence-corrected chi connectivity index (χ4v) is 1.98. The Hall–Kier alpha value is -2.54. The molecular weight excluding hydrogens is 284 g/mol. The zero-order chi connectivity index (χ0) is 14.3. The number of oxazole rings is 1. The lowest BCUT2D eigenvalue weighted by Crippen LogP contribution is -1.88. The first-order valence-corrected chi connectivity index (χ1v) is 5.98. The Labute approximate surface area is 117 Å². The number of nitrogens with zero attached hydrogens (tertiary/aromatic N) is 4. The molecule has 0 fully saturated rings. The van der Waals surface area contributed by atoms with Crippen molar-refractivity contribution in [2.24, 2.45) is 0 Å². The van der Waals surface area contributed by atoms with E-state index in [-0.39, 0.29) is 16.7 Å². The van der Waals surface area contributed by atoms with E-state index in [2.05, 4.69) is 15.0 Å². The molecule has 2 aromatic heterocycles. The SMILES string of the molecule is Cc1nc(Cl)nc2oc(-c3ccc([N+](=O)[O-])cc3)nc12. The largest absolute Gasteiger partial charge is 0.418 e. The van der Waals surface area contributed by atoms with Crippen LogP contribution in [0, 0.1) is 17.0 Å². The van der Waals surface area contributed by atoms with Gasteiger partial charge in [0.2, 0.25) is 11.2 Å². The van der Waals surface area contributed by atoms with Crippen LogP contribution < -0.4 is 0 Å². The summed E-state index contributed by atoms with van der Waals surface area (Å²) in [5.41, 5.74) is 2.03. The number of benzene rings is 1. The minimum absolute atomic E-state index is 0.00359. The highest BCUT2D eigenvalue weighted by molar-refractivity contribution is 6.28. The van der Waals surface area contributed by atoms with Gasteiger partial charge in [0, 0.05) is 17.7 Å². The fourth-order valence-electron chi connectivity index (χ4n) is 1.77. The monoisotopic (exact) mass is 290 g/mol. The molecule has 0 amide bonds. The number of hydrogen-bond acceptors (Lipinski definition) is 6. The van der Waals surface area contributed by atoms with Crippen LogP contribution in [0.25, 0.3) is 22.7 Å². The quantitative estimate of drug-likeness (QED) is 0.409. The molecule has 0 saturated heterocycles. The van der Waals surface area contributed by atoms with Gasteiger partial charge in [0.25, 0.3) is 11.4 Å². The molecule has 0 radical (unpaired) electrons. The summed E-state index contributed by atoms with van der Waals surface area (Å²) in [4.78, 5) is 22.4. The Morgan fingerprint density at radius 1 is 1.20 bits per heavy atom. The van der Waals surface area contributed by atoms with Gasteiger partial charge in [0.15, 0.2) is 5.52 Å². The molecule has 0 N–H and O–H groups in total. The van der Waals surface area contributed by atoms with Crippen LogP contribution in [0.15, 0.2) is 28.7 Å². The van der Waals surface area contributed by atoms with Crippen LogP contribution in [0.2, 0.25) is 5.28 Å². The van der Waals surface area contributed by atoms with E-state index in [1.165, 1.54) is 12.1 Å². The highest BCUT2D eigenvalue weighted by atomic mass is 35.5. The van der Waals surface area contributed by atoms with Gasteiger partial charge in [0.1, 0.15) is 0 Å². The van der Waals surface area contributed by atoms with Crippen molar-refractivity contribution < 1.29 is 9.34 Å². The summed E-state index contributed by atoms with van der Waals surface area (Å²) >= 11 is 5.75. The third kappa shape index (κ3) is 2.08. The summed E-state index contributed by atoms with van der Waals surface area (Å²) in [7, 11) is 0. The van der Waals surface area contributed by atoms with E-state index < -0.39 is 4.92 Å². The molecule has 20 heavy (non-hydrogen) atoms. The van der Waals surface area contributed by atoms with Crippen molar-refractivity contribution in [1.82, 2.24) is 15.0 Å². The summed E-state index contributed by atoms with van der Waals surface area (Å²) < 4.78 is 5.50. The number of rotatable bonds is 2. The normalized spacial score (nSPS) is 10.9. The lowest BCUT2D eigenvalue weighted by Gasteiger charge is -1.94. The van der Waals surface area contributed by atoms with Crippen molar-refractivity contribution in [3.05, 3.63) is 45.4 Å². The first kappa shape index (κ1) is 12.5. The standard InChI is InChI=1S/C12H7ClN4O3/c1-6-9-11(16-12(13)14-6)20-10(15-9)7-2-4-8(5-3-7)17(18)19/h2-5H,1H3. The Kier molecular flexibility index (Phi) is 2.83. The summed E-state index contributed by atoms with van der Waals surface area (Å²) in [6, 6.07) is 5.89. The predicted molar refractivity (Wildman–Crippen MR) is 71.4 cm³/mol. The first-order valence-electron chi connectivity index (χ1n) is 5.60. The molecule has 7 nitrogen and oxygen atoms in total. The average Bonchev–Trinajstić information content (AvgIpc) is 2.83. The number of non-ortho nitro benzene ring substituents is 1. The number of hydrogen-bond donors (Lipinski definition) is 0. The van der Waals surface area contributed by atoms with Crippen molar-refractivity contribution >= 4 is 28.5 Å². The van der Waals surface area contributed by atoms with Gasteiger partial charge >= 0.3 is 0 Å². The van der Waals surface area contributed by atoms with Gasteiger partial charge in [-0.25, -0.2) is 9.97 Å². The molecular formula is C12H7ClN4O3. The zero-order valence-electron chi connectivity index (χ0n) is 10.2. The number of aromatic nitrogens is 3. The third-order valence-corrected chi connectivity index (χ3v) is 2.90. The Balaban J connectivity index is 2.10. The van der Waals surface area contributed by atoms with Crippen molar-refractivity contribution in [3.8, 4) is 11.5 Å². The van der Waals surface area contributed by atoms with Crippen LogP contribution in [0.4, 0.5) is 5.69 Å². The average molecular weight is 291 g/mol. The van der Waals surface area contributed by atoms with E-state index in [0.29, 0.717) is 22.7 Å². The fraction of sp³-hybridized carbons (Fsp3) is 0.0833. The maximum absolute atomic E-state index is 10.6. The van der Waals surface area contributed by atoms with Crippen molar-refractivity contribution in [3.63, 3.8) is 0 Å². The second-order valence-electron chi connectivity index (χ2n) is 4.05. The van der Waals surface area contributed by atoms with Gasteiger partial charge in [-0.1, -0.05) is 0 Å². The molecule has 1 aromatic carbocycles. The van der Waals surface area contributed by atoms with Crippen LogP contribution in [-0.4, -0.2) is 19.9 Å². The van der Waals surface area contributed by atoms with Gasteiger partial charge < -0.3 is 4.42 Å². The lowest BCUT2D eigenvalue weighted by atomic mass is 10.2. The molecule has 0 saturated carbocycles. The molecule has 3 aromatic rings. The van der Waals surface area contributed by atoms with Crippen LogP contribution in [0.3, 0.4) is 0 Å². The third-order valence-electron chi connectivity index (χ3n) is 2.73. The molecule has 8 heteroatoms. The minimum atomic E-state index is -0.467. The maximum Gasteiger partial charge on any atom is 0.269 e. The topological polar surface area (TPSA) is 95.0 Å². The van der Waals surface area contributed by atoms with Crippen LogP contribution in [0.1, 0.15) is 5.69 Å². The summed E-state index contributed by atoms with van der Waals surface area (Å²) in [6.07, 6.45) is 0. The molecule has 2 heterocycles. The highest BCUT2D eigenvalue weighted by Gasteiger charge is 2.14. The van der Waals surface area contributed by atoms with Crippen LogP contribution in [-0.2, 0) is 0 Å². The second-order valence-corrected chi connectivity index (χ2v) is 4.39. The van der Waals surface area contributed by atoms with E-state index in [1.54, 1.807) is 19.1 Å². The molecule has 0 bridgehead atoms. The smallest absolute Gasteiger partial charge is 0.269 e. The summed E-state index contributed by atoms with van der Waals surface area (Å²) in [5, 5.41) is 10.7. The number of nitro benzene ring substituents is 1. The Morgan fingerprint density at radius 3 is 2.55 bits per heavy atom. The van der Waals surface area contributed by atoms with Crippen LogP contribution in [0.5, 0.6) is 0 Å². The minimum Gasteiger partial charge on any atom is -0.418 e.